The number of ether oxygens (including phenoxy) is 1. The number of hydrogen-bond acceptors (Lipinski definition) is 4. The van der Waals surface area contributed by atoms with Gasteiger partial charge in [0.2, 0.25) is 0 Å². The molecule has 1 saturated heterocycles. The van der Waals surface area contributed by atoms with Crippen LogP contribution in [0.2, 0.25) is 0 Å². The molecule has 1 aromatic heterocycles. The molecule has 33 heavy (non-hydrogen) atoms. The number of carboxylic acid groups (broad SMARTS) is 1. The first-order chi connectivity index (χ1) is 15.5. The van der Waals surface area contributed by atoms with E-state index in [1.807, 2.05) is 0 Å². The number of nitrogens with zero attached hydrogens (tertiary/aromatic N) is 3. The number of hydrogen-bond donors (Lipinski definition) is 1. The van der Waals surface area contributed by atoms with E-state index in [1.54, 1.807) is 17.9 Å². The van der Waals surface area contributed by atoms with E-state index in [0.29, 0.717) is 24.2 Å². The molecule has 2 heterocycles. The lowest BCUT2D eigenvalue weighted by atomic mass is 9.78. The second-order valence-corrected chi connectivity index (χ2v) is 9.06. The van der Waals surface area contributed by atoms with Gasteiger partial charge in [-0.2, -0.15) is 23.0 Å². The minimum atomic E-state index is -4.39. The van der Waals surface area contributed by atoms with Crippen molar-refractivity contribution >= 4 is 12.0 Å². The third-order valence-corrected chi connectivity index (χ3v) is 7.00. The molecule has 0 spiro atoms. The lowest BCUT2D eigenvalue weighted by Gasteiger charge is -2.27. The van der Waals surface area contributed by atoms with Gasteiger partial charge >= 0.3 is 18.2 Å². The number of likely N-dealkylation sites (tertiary alicyclic amines) is 1. The van der Waals surface area contributed by atoms with E-state index < -0.39 is 17.7 Å². The molecule has 0 radical (unpaired) electrons. The molecule has 0 bridgehead atoms. The molecule has 7 nitrogen and oxygen atoms in total. The molecule has 2 aliphatic rings. The number of carbonyl (C=O) groups excluding carboxylic acids is 1. The maximum absolute atomic E-state index is 12.9. The van der Waals surface area contributed by atoms with E-state index >= 15 is 0 Å². The average molecular weight is 465 g/mol. The molecule has 2 aromatic rings. The van der Waals surface area contributed by atoms with Crippen LogP contribution in [0, 0.1) is 18.3 Å². The molecule has 1 aromatic carbocycles. The average Bonchev–Trinajstić information content (AvgIpc) is 3.41. The van der Waals surface area contributed by atoms with Crippen molar-refractivity contribution in [2.24, 2.45) is 11.3 Å². The van der Waals surface area contributed by atoms with Gasteiger partial charge in [-0.15, -0.1) is 0 Å². The minimum absolute atomic E-state index is 0.0905. The largest absolute Gasteiger partial charge is 0.476 e. The van der Waals surface area contributed by atoms with Crippen LogP contribution in [0.5, 0.6) is 0 Å². The van der Waals surface area contributed by atoms with Gasteiger partial charge in [0.05, 0.1) is 18.3 Å². The first-order valence-electron chi connectivity index (χ1n) is 10.9. The van der Waals surface area contributed by atoms with Crippen molar-refractivity contribution in [2.45, 2.75) is 52.0 Å². The van der Waals surface area contributed by atoms with Crippen molar-refractivity contribution in [3.8, 4) is 0 Å². The summed E-state index contributed by atoms with van der Waals surface area (Å²) in [5, 5.41) is 13.1. The van der Waals surface area contributed by atoms with Crippen LogP contribution in [-0.4, -0.2) is 51.0 Å². The van der Waals surface area contributed by atoms with Gasteiger partial charge in [-0.1, -0.05) is 19.1 Å². The molecule has 10 heteroatoms. The predicted octanol–water partition coefficient (Wildman–Crippen LogP) is 4.58. The first-order valence-corrected chi connectivity index (χ1v) is 10.9. The fourth-order valence-electron chi connectivity index (χ4n) is 5.23. The van der Waals surface area contributed by atoms with Gasteiger partial charge in [0.25, 0.3) is 0 Å². The Kier molecular flexibility index (Phi) is 5.98. The number of fused-ring (bicyclic) bond motifs is 1. The van der Waals surface area contributed by atoms with E-state index in [4.69, 9.17) is 4.74 Å². The highest BCUT2D eigenvalue weighted by Gasteiger charge is 2.53. The second-order valence-electron chi connectivity index (χ2n) is 9.06. The quantitative estimate of drug-likeness (QED) is 0.699. The molecule has 0 unspecified atom stereocenters. The summed E-state index contributed by atoms with van der Waals surface area (Å²) in [6.07, 6.45) is -0.777. The summed E-state index contributed by atoms with van der Waals surface area (Å²) in [5.41, 5.74) is -0.0654. The number of rotatable bonds is 5. The number of benzene rings is 1. The van der Waals surface area contributed by atoms with Gasteiger partial charge in [0.15, 0.2) is 5.69 Å². The molecule has 2 fully saturated rings. The van der Waals surface area contributed by atoms with Crippen LogP contribution >= 0.6 is 0 Å². The fraction of sp³-hybridized carbons (Fsp3) is 0.522. The van der Waals surface area contributed by atoms with Crippen molar-refractivity contribution in [3.05, 3.63) is 52.8 Å². The number of aryl methyl sites for hydroxylation is 1. The Labute approximate surface area is 189 Å². The van der Waals surface area contributed by atoms with Crippen LogP contribution in [0.15, 0.2) is 30.5 Å². The van der Waals surface area contributed by atoms with Gasteiger partial charge in [-0.3, -0.25) is 0 Å². The maximum Gasteiger partial charge on any atom is 0.416 e. The van der Waals surface area contributed by atoms with Crippen molar-refractivity contribution in [3.63, 3.8) is 0 Å². The van der Waals surface area contributed by atoms with Gasteiger partial charge in [0, 0.05) is 24.8 Å². The van der Waals surface area contributed by atoms with E-state index in [0.717, 1.165) is 36.1 Å². The van der Waals surface area contributed by atoms with Crippen LogP contribution in [0.25, 0.3) is 0 Å². The minimum Gasteiger partial charge on any atom is -0.476 e. The van der Waals surface area contributed by atoms with E-state index in [2.05, 4.69) is 12.0 Å². The summed E-state index contributed by atoms with van der Waals surface area (Å²) in [6.45, 7) is 4.79. The molecular weight excluding hydrogens is 439 g/mol. The smallest absolute Gasteiger partial charge is 0.416 e. The molecule has 1 aliphatic carbocycles. The molecule has 178 valence electrons. The van der Waals surface area contributed by atoms with Crippen molar-refractivity contribution < 1.29 is 32.6 Å². The SMILES string of the molecule is CC[C@]12C[C@H](OCc3cccc(C(F)(F)F)c3)C[C@H]1CN(C(=O)n1cc(C)c(C(=O)O)n1)C2. The normalized spacial score (nSPS) is 24.8. The number of aromatic carboxylic acids is 1. The highest BCUT2D eigenvalue weighted by atomic mass is 19.4. The summed E-state index contributed by atoms with van der Waals surface area (Å²) >= 11 is 0. The predicted molar refractivity (Wildman–Crippen MR) is 112 cm³/mol. The van der Waals surface area contributed by atoms with E-state index in [9.17, 15) is 27.9 Å². The Hall–Kier alpha value is -2.88. The zero-order valence-corrected chi connectivity index (χ0v) is 18.4. The fourth-order valence-corrected chi connectivity index (χ4v) is 5.23. The highest BCUT2D eigenvalue weighted by molar-refractivity contribution is 5.88. The zero-order chi connectivity index (χ0) is 24.0. The van der Waals surface area contributed by atoms with Crippen LogP contribution in [0.3, 0.4) is 0 Å². The third-order valence-electron chi connectivity index (χ3n) is 7.00. The van der Waals surface area contributed by atoms with Crippen molar-refractivity contribution in [1.29, 1.82) is 0 Å². The van der Waals surface area contributed by atoms with Gasteiger partial charge < -0.3 is 14.7 Å². The third kappa shape index (κ3) is 4.48. The monoisotopic (exact) mass is 465 g/mol. The van der Waals surface area contributed by atoms with Gasteiger partial charge in [0.1, 0.15) is 0 Å². The van der Waals surface area contributed by atoms with Crippen LogP contribution in [0.1, 0.15) is 53.4 Å². The molecule has 1 saturated carbocycles. The maximum atomic E-state index is 12.9. The molecule has 4 rings (SSSR count). The Morgan fingerprint density at radius 1 is 1.33 bits per heavy atom. The lowest BCUT2D eigenvalue weighted by molar-refractivity contribution is -0.137. The molecule has 1 aliphatic heterocycles. The standard InChI is InChI=1S/C23H26F3N3O4/c1-3-22-9-18(33-12-15-5-4-6-16(7-15)23(24,25)26)8-17(22)11-28(13-22)21(32)29-10-14(2)19(27-29)20(30)31/h4-7,10,17-18H,3,8-9,11-13H2,1-2H3,(H,30,31)/t17-,18+,22+/m0/s1. The molecule has 1 N–H and O–H groups in total. The van der Waals surface area contributed by atoms with Gasteiger partial charge in [-0.25, -0.2) is 9.59 Å². The number of amides is 1. The molecule has 1 amide bonds. The summed E-state index contributed by atoms with van der Waals surface area (Å²) < 4.78 is 45.9. The lowest BCUT2D eigenvalue weighted by Crippen LogP contribution is -2.36. The second kappa shape index (κ2) is 8.48. The molecule has 3 atom stereocenters. The van der Waals surface area contributed by atoms with E-state index in [1.165, 1.54) is 12.3 Å². The van der Waals surface area contributed by atoms with Crippen LogP contribution < -0.4 is 0 Å². The number of carboxylic acids is 1. The number of aromatic nitrogens is 2. The summed E-state index contributed by atoms with van der Waals surface area (Å²) in [4.78, 5) is 25.9. The van der Waals surface area contributed by atoms with Crippen LogP contribution in [0.4, 0.5) is 18.0 Å². The van der Waals surface area contributed by atoms with Crippen molar-refractivity contribution in [2.75, 3.05) is 13.1 Å². The first kappa shape index (κ1) is 23.3. The Morgan fingerprint density at radius 2 is 2.09 bits per heavy atom. The highest BCUT2D eigenvalue weighted by Crippen LogP contribution is 2.52. The topological polar surface area (TPSA) is 84.7 Å². The number of halogens is 3. The van der Waals surface area contributed by atoms with Crippen molar-refractivity contribution in [1.82, 2.24) is 14.7 Å². The van der Waals surface area contributed by atoms with E-state index in [-0.39, 0.29) is 35.8 Å². The Morgan fingerprint density at radius 3 is 2.70 bits per heavy atom. The van der Waals surface area contributed by atoms with Crippen LogP contribution in [-0.2, 0) is 17.5 Å². The Bertz CT molecular complexity index is 1070. The molecular formula is C23H26F3N3O4. The number of alkyl halides is 3. The summed E-state index contributed by atoms with van der Waals surface area (Å²) in [7, 11) is 0. The summed E-state index contributed by atoms with van der Waals surface area (Å²) in [6, 6.07) is 4.81. The Balaban J connectivity index is 1.39. The zero-order valence-electron chi connectivity index (χ0n) is 18.4. The van der Waals surface area contributed by atoms with Gasteiger partial charge in [-0.05, 0) is 55.2 Å². The summed E-state index contributed by atoms with van der Waals surface area (Å²) in [5.74, 6) is -0.975. The number of carbonyl (C=O) groups is 2.